The molecule has 1 aliphatic rings. The van der Waals surface area contributed by atoms with Gasteiger partial charge in [-0.2, -0.15) is 5.10 Å². The zero-order valence-electron chi connectivity index (χ0n) is 17.0. The van der Waals surface area contributed by atoms with E-state index in [-0.39, 0.29) is 18.3 Å². The van der Waals surface area contributed by atoms with Crippen LogP contribution in [0.15, 0.2) is 67.3 Å². The van der Waals surface area contributed by atoms with Crippen LogP contribution in [0.1, 0.15) is 0 Å². The fourth-order valence-electron chi connectivity index (χ4n) is 3.97. The summed E-state index contributed by atoms with van der Waals surface area (Å²) in [4.78, 5) is 18.6. The predicted octanol–water partition coefficient (Wildman–Crippen LogP) is 3.34. The van der Waals surface area contributed by atoms with Crippen molar-refractivity contribution in [1.29, 1.82) is 0 Å². The van der Waals surface area contributed by atoms with Gasteiger partial charge in [0.2, 0.25) is 5.91 Å². The number of aromatic nitrogens is 3. The molecule has 4 aromatic rings. The zero-order chi connectivity index (χ0) is 21.2. The average Bonchev–Trinajstić information content (AvgIpc) is 3.27. The summed E-state index contributed by atoms with van der Waals surface area (Å²) in [5.74, 6) is -0.180. The van der Waals surface area contributed by atoms with Crippen LogP contribution >= 0.6 is 0 Å². The van der Waals surface area contributed by atoms with Gasteiger partial charge in [-0.3, -0.25) is 14.5 Å². The lowest BCUT2D eigenvalue weighted by molar-refractivity contribution is -0.132. The van der Waals surface area contributed by atoms with Gasteiger partial charge in [0, 0.05) is 61.3 Å². The van der Waals surface area contributed by atoms with Crippen LogP contribution in [0.3, 0.4) is 0 Å². The number of hydrogen-bond donors (Lipinski definition) is 1. The quantitative estimate of drug-likeness (QED) is 0.555. The molecule has 1 aliphatic heterocycles. The molecule has 0 bridgehead atoms. The van der Waals surface area contributed by atoms with Crippen molar-refractivity contribution in [3.05, 3.63) is 73.1 Å². The maximum Gasteiger partial charge on any atom is 0.244 e. The first kappa shape index (κ1) is 19.4. The first-order valence-corrected chi connectivity index (χ1v) is 10.3. The van der Waals surface area contributed by atoms with E-state index in [2.05, 4.69) is 15.4 Å². The molecule has 0 unspecified atom stereocenters. The van der Waals surface area contributed by atoms with Crippen molar-refractivity contribution in [2.75, 3.05) is 26.2 Å². The minimum absolute atomic E-state index is 0.0893. The first-order chi connectivity index (χ1) is 15.2. The Morgan fingerprint density at radius 3 is 2.55 bits per heavy atom. The SMILES string of the molecule is O=C(Cn1cc(-c2ccc(-c3cncc4cc(F)ccc34)cc2)cn1)N1CCNCC1. The molecule has 0 radical (unpaired) electrons. The van der Waals surface area contributed by atoms with Gasteiger partial charge in [0.15, 0.2) is 0 Å². The maximum atomic E-state index is 13.5. The summed E-state index contributed by atoms with van der Waals surface area (Å²) in [6.07, 6.45) is 7.15. The summed E-state index contributed by atoms with van der Waals surface area (Å²) in [6.45, 7) is 3.40. The molecule has 2 aromatic heterocycles. The van der Waals surface area contributed by atoms with E-state index >= 15 is 0 Å². The van der Waals surface area contributed by atoms with Crippen molar-refractivity contribution in [1.82, 2.24) is 25.0 Å². The number of fused-ring (bicyclic) bond motifs is 1. The van der Waals surface area contributed by atoms with Crippen molar-refractivity contribution in [2.24, 2.45) is 0 Å². The lowest BCUT2D eigenvalue weighted by Crippen LogP contribution is -2.47. The van der Waals surface area contributed by atoms with E-state index in [9.17, 15) is 9.18 Å². The highest BCUT2D eigenvalue weighted by atomic mass is 19.1. The fraction of sp³-hybridized carbons (Fsp3) is 0.208. The van der Waals surface area contributed by atoms with Crippen LogP contribution in [0.25, 0.3) is 33.0 Å². The van der Waals surface area contributed by atoms with Crippen molar-refractivity contribution in [3.63, 3.8) is 0 Å². The van der Waals surface area contributed by atoms with Crippen molar-refractivity contribution in [2.45, 2.75) is 6.54 Å². The number of halogens is 1. The molecule has 0 aliphatic carbocycles. The van der Waals surface area contributed by atoms with E-state index in [0.717, 1.165) is 59.2 Å². The van der Waals surface area contributed by atoms with Crippen molar-refractivity contribution >= 4 is 16.7 Å². The van der Waals surface area contributed by atoms with E-state index in [1.807, 2.05) is 35.4 Å². The molecule has 7 heteroatoms. The number of rotatable bonds is 4. The van der Waals surface area contributed by atoms with E-state index in [1.165, 1.54) is 12.1 Å². The van der Waals surface area contributed by atoms with Crippen LogP contribution < -0.4 is 5.32 Å². The molecular formula is C24H22FN5O. The highest BCUT2D eigenvalue weighted by molar-refractivity contribution is 5.96. The molecule has 31 heavy (non-hydrogen) atoms. The molecule has 1 fully saturated rings. The fourth-order valence-corrected chi connectivity index (χ4v) is 3.97. The van der Waals surface area contributed by atoms with Crippen LogP contribution in [0, 0.1) is 5.82 Å². The summed E-state index contributed by atoms with van der Waals surface area (Å²) in [5.41, 5.74) is 3.94. The molecule has 0 spiro atoms. The van der Waals surface area contributed by atoms with Gasteiger partial charge in [-0.05, 0) is 28.6 Å². The summed E-state index contributed by atoms with van der Waals surface area (Å²) >= 11 is 0. The lowest BCUT2D eigenvalue weighted by Gasteiger charge is -2.27. The van der Waals surface area contributed by atoms with E-state index < -0.39 is 0 Å². The molecule has 1 amide bonds. The van der Waals surface area contributed by atoms with E-state index in [1.54, 1.807) is 29.3 Å². The normalized spacial score (nSPS) is 14.2. The Bertz CT molecular complexity index is 1230. The van der Waals surface area contributed by atoms with Crippen LogP contribution in [0.4, 0.5) is 4.39 Å². The third kappa shape index (κ3) is 4.04. The van der Waals surface area contributed by atoms with E-state index in [4.69, 9.17) is 0 Å². The number of nitrogens with zero attached hydrogens (tertiary/aromatic N) is 4. The summed E-state index contributed by atoms with van der Waals surface area (Å²) in [6, 6.07) is 12.9. The minimum Gasteiger partial charge on any atom is -0.339 e. The Morgan fingerprint density at radius 1 is 0.968 bits per heavy atom. The Labute approximate surface area is 179 Å². The molecule has 6 nitrogen and oxygen atoms in total. The molecule has 0 saturated carbocycles. The molecule has 2 aromatic carbocycles. The standard InChI is InChI=1S/C24H22FN5O/c25-21-5-6-22-19(11-21)12-27-14-23(22)18-3-1-17(2-4-18)20-13-28-30(15-20)16-24(31)29-9-7-26-8-10-29/h1-6,11-15,26H,7-10,16H2. The van der Waals surface area contributed by atoms with Crippen molar-refractivity contribution < 1.29 is 9.18 Å². The van der Waals surface area contributed by atoms with Gasteiger partial charge in [0.05, 0.1) is 6.20 Å². The number of hydrogen-bond acceptors (Lipinski definition) is 4. The second kappa shape index (κ2) is 8.28. The number of piperazine rings is 1. The number of benzene rings is 2. The summed E-state index contributed by atoms with van der Waals surface area (Å²) < 4.78 is 15.2. The number of pyridine rings is 1. The average molecular weight is 415 g/mol. The van der Waals surface area contributed by atoms with Gasteiger partial charge in [-0.15, -0.1) is 0 Å². The number of amides is 1. The second-order valence-corrected chi connectivity index (χ2v) is 7.69. The first-order valence-electron chi connectivity index (χ1n) is 10.3. The zero-order valence-corrected chi connectivity index (χ0v) is 17.0. The third-order valence-corrected chi connectivity index (χ3v) is 5.65. The summed E-state index contributed by atoms with van der Waals surface area (Å²) in [7, 11) is 0. The molecule has 1 saturated heterocycles. The van der Waals surface area contributed by atoms with Gasteiger partial charge >= 0.3 is 0 Å². The van der Waals surface area contributed by atoms with Gasteiger partial charge in [0.1, 0.15) is 12.4 Å². The topological polar surface area (TPSA) is 63.1 Å². The van der Waals surface area contributed by atoms with Crippen LogP contribution in [0.5, 0.6) is 0 Å². The number of carbonyl (C=O) groups is 1. The Hall–Kier alpha value is -3.58. The van der Waals surface area contributed by atoms with Gasteiger partial charge < -0.3 is 10.2 Å². The molecule has 156 valence electrons. The Morgan fingerprint density at radius 2 is 1.74 bits per heavy atom. The summed E-state index contributed by atoms with van der Waals surface area (Å²) in [5, 5.41) is 9.35. The number of nitrogens with one attached hydrogen (secondary N) is 1. The maximum absolute atomic E-state index is 13.5. The molecule has 3 heterocycles. The molecule has 1 N–H and O–H groups in total. The molecule has 0 atom stereocenters. The highest BCUT2D eigenvalue weighted by Crippen LogP contribution is 2.30. The number of carbonyl (C=O) groups excluding carboxylic acids is 1. The highest BCUT2D eigenvalue weighted by Gasteiger charge is 2.17. The van der Waals surface area contributed by atoms with Crippen LogP contribution in [-0.2, 0) is 11.3 Å². The van der Waals surface area contributed by atoms with Crippen LogP contribution in [-0.4, -0.2) is 51.8 Å². The Balaban J connectivity index is 1.35. The van der Waals surface area contributed by atoms with Crippen molar-refractivity contribution in [3.8, 4) is 22.3 Å². The van der Waals surface area contributed by atoms with E-state index in [0.29, 0.717) is 0 Å². The molecular weight excluding hydrogens is 393 g/mol. The molecule has 5 rings (SSSR count). The van der Waals surface area contributed by atoms with Gasteiger partial charge in [-0.1, -0.05) is 30.3 Å². The second-order valence-electron chi connectivity index (χ2n) is 7.69. The smallest absolute Gasteiger partial charge is 0.244 e. The lowest BCUT2D eigenvalue weighted by atomic mass is 9.99. The monoisotopic (exact) mass is 415 g/mol. The Kier molecular flexibility index (Phi) is 5.18. The van der Waals surface area contributed by atoms with Gasteiger partial charge in [-0.25, -0.2) is 4.39 Å². The van der Waals surface area contributed by atoms with Gasteiger partial charge in [0.25, 0.3) is 0 Å². The minimum atomic E-state index is -0.269. The van der Waals surface area contributed by atoms with Crippen LogP contribution in [0.2, 0.25) is 0 Å². The third-order valence-electron chi connectivity index (χ3n) is 5.65. The predicted molar refractivity (Wildman–Crippen MR) is 118 cm³/mol. The largest absolute Gasteiger partial charge is 0.339 e.